The zero-order valence-electron chi connectivity index (χ0n) is 14.3. The lowest BCUT2D eigenvalue weighted by atomic mass is 9.88. The number of rotatable bonds is 4. The molecular weight excluding hydrogens is 296 g/mol. The molecule has 0 atom stereocenters. The van der Waals surface area contributed by atoms with E-state index in [1.807, 2.05) is 20.8 Å². The number of amides is 1. The molecule has 6 nitrogen and oxygen atoms in total. The van der Waals surface area contributed by atoms with Crippen LogP contribution in [0.3, 0.4) is 0 Å². The van der Waals surface area contributed by atoms with Crippen molar-refractivity contribution in [3.05, 3.63) is 35.2 Å². The maximum absolute atomic E-state index is 12.7. The van der Waals surface area contributed by atoms with E-state index in [9.17, 15) is 4.79 Å². The molecule has 0 aliphatic carbocycles. The molecule has 2 rings (SSSR count). The van der Waals surface area contributed by atoms with Crippen LogP contribution in [0.5, 0.6) is 11.5 Å². The van der Waals surface area contributed by atoms with E-state index in [1.54, 1.807) is 39.3 Å². The monoisotopic (exact) mass is 318 g/mol. The Morgan fingerprint density at radius 1 is 1.22 bits per heavy atom. The van der Waals surface area contributed by atoms with Crippen LogP contribution >= 0.6 is 0 Å². The fourth-order valence-electron chi connectivity index (χ4n) is 2.25. The fraction of sp³-hybridized carbons (Fsp3) is 0.412. The third kappa shape index (κ3) is 3.47. The molecule has 2 aromatic rings. The van der Waals surface area contributed by atoms with E-state index >= 15 is 0 Å². The highest BCUT2D eigenvalue weighted by Crippen LogP contribution is 2.31. The smallest absolute Gasteiger partial charge is 0.261 e. The Balaban J connectivity index is 2.39. The van der Waals surface area contributed by atoms with E-state index in [-0.39, 0.29) is 11.3 Å². The minimum Gasteiger partial charge on any atom is -0.497 e. The molecule has 0 aliphatic heterocycles. The number of hydrogen-bond donors (Lipinski definition) is 1. The first kappa shape index (κ1) is 16.9. The summed E-state index contributed by atoms with van der Waals surface area (Å²) in [6.07, 6.45) is 0. The number of nitrogens with one attached hydrogen (secondary N) is 1. The summed E-state index contributed by atoms with van der Waals surface area (Å²) in [5, 5.41) is 6.88. The molecule has 1 N–H and O–H groups in total. The van der Waals surface area contributed by atoms with Gasteiger partial charge < -0.3 is 19.3 Å². The van der Waals surface area contributed by atoms with E-state index in [4.69, 9.17) is 14.0 Å². The molecule has 23 heavy (non-hydrogen) atoms. The lowest BCUT2D eigenvalue weighted by molar-refractivity contribution is 0.102. The topological polar surface area (TPSA) is 73.6 Å². The van der Waals surface area contributed by atoms with Crippen molar-refractivity contribution in [3.8, 4) is 11.5 Å². The summed E-state index contributed by atoms with van der Waals surface area (Å²) in [7, 11) is 3.11. The van der Waals surface area contributed by atoms with E-state index in [2.05, 4.69) is 10.5 Å². The first-order valence-electron chi connectivity index (χ1n) is 7.28. The molecule has 1 heterocycles. The summed E-state index contributed by atoms with van der Waals surface area (Å²) in [5.41, 5.74) is 1.29. The molecule has 0 aliphatic rings. The normalized spacial score (nSPS) is 11.2. The first-order chi connectivity index (χ1) is 10.8. The zero-order valence-corrected chi connectivity index (χ0v) is 14.3. The number of nitrogens with zero attached hydrogens (tertiary/aromatic N) is 1. The number of aromatic nitrogens is 1. The summed E-state index contributed by atoms with van der Waals surface area (Å²) < 4.78 is 15.7. The van der Waals surface area contributed by atoms with Crippen LogP contribution in [0, 0.1) is 6.92 Å². The van der Waals surface area contributed by atoms with Crippen molar-refractivity contribution in [2.75, 3.05) is 19.5 Å². The van der Waals surface area contributed by atoms with Crippen LogP contribution < -0.4 is 14.8 Å². The quantitative estimate of drug-likeness (QED) is 0.933. The summed E-state index contributed by atoms with van der Waals surface area (Å²) in [4.78, 5) is 12.7. The van der Waals surface area contributed by atoms with Crippen LogP contribution in [-0.2, 0) is 5.41 Å². The molecule has 0 fully saturated rings. The summed E-state index contributed by atoms with van der Waals surface area (Å²) in [6.45, 7) is 7.66. The predicted molar refractivity (Wildman–Crippen MR) is 87.4 cm³/mol. The van der Waals surface area contributed by atoms with Gasteiger partial charge >= 0.3 is 0 Å². The minimum absolute atomic E-state index is 0.291. The van der Waals surface area contributed by atoms with Crippen molar-refractivity contribution in [1.82, 2.24) is 5.16 Å². The van der Waals surface area contributed by atoms with E-state index in [1.165, 1.54) is 0 Å². The molecule has 0 saturated heterocycles. The number of hydrogen-bond acceptors (Lipinski definition) is 5. The Bertz CT molecular complexity index is 714. The number of ether oxygens (including phenoxy) is 2. The molecule has 1 aromatic carbocycles. The highest BCUT2D eigenvalue weighted by atomic mass is 16.5. The second-order valence-corrected chi connectivity index (χ2v) is 6.23. The van der Waals surface area contributed by atoms with Gasteiger partial charge in [-0.25, -0.2) is 0 Å². The maximum atomic E-state index is 12.7. The van der Waals surface area contributed by atoms with Gasteiger partial charge in [0.1, 0.15) is 28.5 Å². The van der Waals surface area contributed by atoms with Crippen molar-refractivity contribution >= 4 is 11.6 Å². The molecule has 1 amide bonds. The van der Waals surface area contributed by atoms with E-state index < -0.39 is 0 Å². The van der Waals surface area contributed by atoms with Crippen molar-refractivity contribution in [2.45, 2.75) is 33.1 Å². The molecule has 0 spiro atoms. The zero-order chi connectivity index (χ0) is 17.2. The Kier molecular flexibility index (Phi) is 4.63. The van der Waals surface area contributed by atoms with Crippen LogP contribution in [0.25, 0.3) is 0 Å². The largest absolute Gasteiger partial charge is 0.497 e. The Morgan fingerprint density at radius 2 is 1.91 bits per heavy atom. The van der Waals surface area contributed by atoms with E-state index in [0.717, 1.165) is 0 Å². The van der Waals surface area contributed by atoms with Gasteiger partial charge in [0.2, 0.25) is 0 Å². The predicted octanol–water partition coefficient (Wildman–Crippen LogP) is 3.55. The lowest BCUT2D eigenvalue weighted by Gasteiger charge is -2.17. The van der Waals surface area contributed by atoms with Crippen molar-refractivity contribution in [2.24, 2.45) is 0 Å². The average molecular weight is 318 g/mol. The number of carbonyl (C=O) groups is 1. The van der Waals surface area contributed by atoms with Crippen molar-refractivity contribution < 1.29 is 18.8 Å². The Labute approximate surface area is 135 Å². The van der Waals surface area contributed by atoms with Gasteiger partial charge in [-0.1, -0.05) is 25.9 Å². The molecule has 0 bridgehead atoms. The van der Waals surface area contributed by atoms with Gasteiger partial charge in [0, 0.05) is 11.5 Å². The third-order valence-corrected chi connectivity index (χ3v) is 3.46. The molecule has 0 radical (unpaired) electrons. The standard InChI is InChI=1S/C17H22N2O4/c1-10-14(15(19-23-10)17(2,3)4)16(20)18-12-9-11(21-5)7-8-13(12)22-6/h7-9H,1-6H3,(H,18,20). The highest BCUT2D eigenvalue weighted by Gasteiger charge is 2.29. The van der Waals surface area contributed by atoms with Crippen LogP contribution in [-0.4, -0.2) is 25.3 Å². The van der Waals surface area contributed by atoms with Crippen LogP contribution in [0.2, 0.25) is 0 Å². The van der Waals surface area contributed by atoms with Gasteiger partial charge in [-0.3, -0.25) is 4.79 Å². The molecule has 124 valence electrons. The SMILES string of the molecule is COc1ccc(OC)c(NC(=O)c2c(C(C)(C)C)noc2C)c1. The van der Waals surface area contributed by atoms with Crippen molar-refractivity contribution in [1.29, 1.82) is 0 Å². The number of methoxy groups -OCH3 is 2. The Hall–Kier alpha value is -2.50. The summed E-state index contributed by atoms with van der Waals surface area (Å²) in [6, 6.07) is 5.20. The van der Waals surface area contributed by atoms with Gasteiger partial charge in [0.25, 0.3) is 5.91 Å². The lowest BCUT2D eigenvalue weighted by Crippen LogP contribution is -2.21. The number of benzene rings is 1. The molecule has 0 unspecified atom stereocenters. The fourth-order valence-corrected chi connectivity index (χ4v) is 2.25. The van der Waals surface area contributed by atoms with E-state index in [0.29, 0.717) is 34.2 Å². The number of carbonyl (C=O) groups excluding carboxylic acids is 1. The van der Waals surface area contributed by atoms with Gasteiger partial charge in [-0.05, 0) is 19.1 Å². The van der Waals surface area contributed by atoms with Crippen LogP contribution in [0.15, 0.2) is 22.7 Å². The van der Waals surface area contributed by atoms with Gasteiger partial charge in [-0.2, -0.15) is 0 Å². The van der Waals surface area contributed by atoms with Crippen LogP contribution in [0.1, 0.15) is 42.6 Å². The van der Waals surface area contributed by atoms with Gasteiger partial charge in [0.15, 0.2) is 0 Å². The Morgan fingerprint density at radius 3 is 2.48 bits per heavy atom. The first-order valence-corrected chi connectivity index (χ1v) is 7.28. The highest BCUT2D eigenvalue weighted by molar-refractivity contribution is 6.06. The number of aryl methyl sites for hydroxylation is 1. The second kappa shape index (κ2) is 6.32. The number of anilines is 1. The minimum atomic E-state index is -0.303. The summed E-state index contributed by atoms with van der Waals surface area (Å²) >= 11 is 0. The molecule has 0 saturated carbocycles. The maximum Gasteiger partial charge on any atom is 0.261 e. The molecular formula is C17H22N2O4. The van der Waals surface area contributed by atoms with Gasteiger partial charge in [0.05, 0.1) is 19.9 Å². The molecule has 1 aromatic heterocycles. The van der Waals surface area contributed by atoms with Crippen LogP contribution in [0.4, 0.5) is 5.69 Å². The molecule has 6 heteroatoms. The van der Waals surface area contributed by atoms with Crippen molar-refractivity contribution in [3.63, 3.8) is 0 Å². The second-order valence-electron chi connectivity index (χ2n) is 6.23. The third-order valence-electron chi connectivity index (χ3n) is 3.46. The van der Waals surface area contributed by atoms with Gasteiger partial charge in [-0.15, -0.1) is 0 Å². The average Bonchev–Trinajstić information content (AvgIpc) is 2.89. The summed E-state index contributed by atoms with van der Waals surface area (Å²) in [5.74, 6) is 1.36.